The lowest BCUT2D eigenvalue weighted by Gasteiger charge is -2.42. The Morgan fingerprint density at radius 2 is 1.92 bits per heavy atom. The molecule has 0 aliphatic carbocycles. The Morgan fingerprint density at radius 3 is 2.60 bits per heavy atom. The second kappa shape index (κ2) is 7.36. The lowest BCUT2D eigenvalue weighted by Crippen LogP contribution is -2.49. The minimum absolute atomic E-state index is 0.0158. The maximum absolute atomic E-state index is 13.1. The van der Waals surface area contributed by atoms with Crippen molar-refractivity contribution >= 4 is 5.91 Å². The molecule has 1 N–H and O–H groups in total. The first-order valence-corrected chi connectivity index (χ1v) is 8.73. The zero-order valence-electron chi connectivity index (χ0n) is 14.5. The Labute approximate surface area is 148 Å². The van der Waals surface area contributed by atoms with Crippen LogP contribution in [0.5, 0.6) is 0 Å². The number of carbonyl (C=O) groups is 1. The number of aliphatic hydroxyl groups excluding tert-OH is 1. The number of amides is 1. The number of aliphatic hydroxyl groups is 1. The Bertz CT molecular complexity index is 744. The summed E-state index contributed by atoms with van der Waals surface area (Å²) in [5, 5.41) is 10.1. The molecule has 1 atom stereocenters. The number of hydrogen-bond donors (Lipinski definition) is 1. The first-order chi connectivity index (χ1) is 12.0. The fourth-order valence-corrected chi connectivity index (χ4v) is 3.73. The average molecular weight is 341 g/mol. The van der Waals surface area contributed by atoms with Gasteiger partial charge in [0.1, 0.15) is 5.82 Å². The topological polar surface area (TPSA) is 40.5 Å². The first-order valence-electron chi connectivity index (χ1n) is 8.73. The van der Waals surface area contributed by atoms with Gasteiger partial charge in [0.15, 0.2) is 0 Å². The molecule has 3 rings (SSSR count). The summed E-state index contributed by atoms with van der Waals surface area (Å²) in [5.74, 6) is -0.239. The number of rotatable bonds is 4. The molecule has 1 aliphatic heterocycles. The molecule has 0 bridgehead atoms. The predicted molar refractivity (Wildman–Crippen MR) is 95.9 cm³/mol. The van der Waals surface area contributed by atoms with Crippen LogP contribution >= 0.6 is 0 Å². The molecule has 1 fully saturated rings. The largest absolute Gasteiger partial charge is 0.396 e. The van der Waals surface area contributed by atoms with Gasteiger partial charge in [-0.05, 0) is 55.5 Å². The quantitative estimate of drug-likeness (QED) is 0.923. The van der Waals surface area contributed by atoms with E-state index >= 15 is 0 Å². The van der Waals surface area contributed by atoms with Gasteiger partial charge in [0.2, 0.25) is 0 Å². The van der Waals surface area contributed by atoms with Gasteiger partial charge in [-0.2, -0.15) is 0 Å². The van der Waals surface area contributed by atoms with Crippen molar-refractivity contribution in [2.45, 2.75) is 26.2 Å². The highest BCUT2D eigenvalue weighted by Gasteiger charge is 2.37. The standard InChI is InChI=1S/C21H24FNO2/c1-16-5-2-3-6-19(16)20(25)23-12-4-11-21(14-23,15-24)13-17-7-9-18(22)10-8-17/h2-3,5-10,24H,4,11-15H2,1H3/t21-/m0/s1. The van der Waals surface area contributed by atoms with E-state index in [1.807, 2.05) is 36.1 Å². The highest BCUT2D eigenvalue weighted by Crippen LogP contribution is 2.34. The van der Waals surface area contributed by atoms with Crippen LogP contribution in [0, 0.1) is 18.2 Å². The number of likely N-dealkylation sites (tertiary alicyclic amines) is 1. The molecule has 132 valence electrons. The first kappa shape index (κ1) is 17.6. The number of benzene rings is 2. The van der Waals surface area contributed by atoms with Gasteiger partial charge in [0.25, 0.3) is 5.91 Å². The third-order valence-electron chi connectivity index (χ3n) is 5.15. The number of halogens is 1. The minimum Gasteiger partial charge on any atom is -0.396 e. The van der Waals surface area contributed by atoms with Crippen molar-refractivity contribution in [3.05, 3.63) is 71.0 Å². The van der Waals surface area contributed by atoms with Crippen LogP contribution in [0.3, 0.4) is 0 Å². The number of aryl methyl sites for hydroxylation is 1. The summed E-state index contributed by atoms with van der Waals surface area (Å²) in [6.45, 7) is 3.18. The van der Waals surface area contributed by atoms with E-state index in [4.69, 9.17) is 0 Å². The van der Waals surface area contributed by atoms with E-state index in [2.05, 4.69) is 0 Å². The van der Waals surface area contributed by atoms with Gasteiger partial charge >= 0.3 is 0 Å². The molecule has 25 heavy (non-hydrogen) atoms. The van der Waals surface area contributed by atoms with Crippen LogP contribution in [0.1, 0.15) is 34.3 Å². The zero-order valence-corrected chi connectivity index (χ0v) is 14.5. The molecule has 1 amide bonds. The van der Waals surface area contributed by atoms with Gasteiger partial charge in [0.05, 0.1) is 6.61 Å². The fraction of sp³-hybridized carbons (Fsp3) is 0.381. The van der Waals surface area contributed by atoms with E-state index in [1.54, 1.807) is 12.1 Å². The van der Waals surface area contributed by atoms with Gasteiger partial charge in [-0.25, -0.2) is 4.39 Å². The van der Waals surface area contributed by atoms with Crippen molar-refractivity contribution in [2.75, 3.05) is 19.7 Å². The lowest BCUT2D eigenvalue weighted by atomic mass is 9.75. The van der Waals surface area contributed by atoms with Crippen LogP contribution in [-0.2, 0) is 6.42 Å². The second-order valence-corrected chi connectivity index (χ2v) is 7.11. The minimum atomic E-state index is -0.367. The molecule has 3 nitrogen and oxygen atoms in total. The molecule has 2 aromatic carbocycles. The summed E-state index contributed by atoms with van der Waals surface area (Å²) >= 11 is 0. The number of nitrogens with zero attached hydrogens (tertiary/aromatic N) is 1. The summed E-state index contributed by atoms with van der Waals surface area (Å²) in [7, 11) is 0. The molecule has 0 aromatic heterocycles. The molecule has 4 heteroatoms. The smallest absolute Gasteiger partial charge is 0.254 e. The van der Waals surface area contributed by atoms with Gasteiger partial charge in [-0.15, -0.1) is 0 Å². The third-order valence-corrected chi connectivity index (χ3v) is 5.15. The molecule has 0 saturated carbocycles. The molecular weight excluding hydrogens is 317 g/mol. The molecule has 1 saturated heterocycles. The van der Waals surface area contributed by atoms with E-state index in [9.17, 15) is 14.3 Å². The molecule has 1 aliphatic rings. The van der Waals surface area contributed by atoms with Crippen LogP contribution in [-0.4, -0.2) is 35.6 Å². The van der Waals surface area contributed by atoms with Crippen LogP contribution in [0.4, 0.5) is 4.39 Å². The Balaban J connectivity index is 1.79. The molecule has 0 radical (unpaired) electrons. The summed E-state index contributed by atoms with van der Waals surface area (Å²) in [4.78, 5) is 14.8. The Hall–Kier alpha value is -2.20. The SMILES string of the molecule is Cc1ccccc1C(=O)N1CCC[C@](CO)(Cc2ccc(F)cc2)C1. The van der Waals surface area contributed by atoms with E-state index in [1.165, 1.54) is 12.1 Å². The van der Waals surface area contributed by atoms with Gasteiger partial charge in [-0.1, -0.05) is 30.3 Å². The molecule has 2 aromatic rings. The highest BCUT2D eigenvalue weighted by molar-refractivity contribution is 5.95. The average Bonchev–Trinajstić information content (AvgIpc) is 2.64. The van der Waals surface area contributed by atoms with Gasteiger partial charge < -0.3 is 10.0 Å². The fourth-order valence-electron chi connectivity index (χ4n) is 3.73. The molecular formula is C21H24FNO2. The van der Waals surface area contributed by atoms with Crippen LogP contribution in [0.15, 0.2) is 48.5 Å². The van der Waals surface area contributed by atoms with E-state index in [-0.39, 0.29) is 23.7 Å². The van der Waals surface area contributed by atoms with Crippen molar-refractivity contribution < 1.29 is 14.3 Å². The van der Waals surface area contributed by atoms with Crippen LogP contribution < -0.4 is 0 Å². The summed E-state index contributed by atoms with van der Waals surface area (Å²) in [6, 6.07) is 14.0. The Kier molecular flexibility index (Phi) is 5.19. The maximum atomic E-state index is 13.1. The summed E-state index contributed by atoms with van der Waals surface area (Å²) < 4.78 is 13.1. The van der Waals surface area contributed by atoms with E-state index in [0.29, 0.717) is 19.5 Å². The summed E-state index contributed by atoms with van der Waals surface area (Å²) in [6.07, 6.45) is 2.36. The number of hydrogen-bond acceptors (Lipinski definition) is 2. The number of carbonyl (C=O) groups excluding carboxylic acids is 1. The van der Waals surface area contributed by atoms with Crippen molar-refractivity contribution in [3.8, 4) is 0 Å². The van der Waals surface area contributed by atoms with Gasteiger partial charge in [-0.3, -0.25) is 4.79 Å². The summed E-state index contributed by atoms with van der Waals surface area (Å²) in [5.41, 5.74) is 2.30. The van der Waals surface area contributed by atoms with Crippen molar-refractivity contribution in [2.24, 2.45) is 5.41 Å². The lowest BCUT2D eigenvalue weighted by molar-refractivity contribution is 0.0271. The van der Waals surface area contributed by atoms with Crippen molar-refractivity contribution in [1.82, 2.24) is 4.90 Å². The van der Waals surface area contributed by atoms with Gasteiger partial charge in [0, 0.05) is 24.1 Å². The predicted octanol–water partition coefficient (Wildman–Crippen LogP) is 3.59. The van der Waals surface area contributed by atoms with Crippen LogP contribution in [0.25, 0.3) is 0 Å². The molecule has 0 spiro atoms. The monoisotopic (exact) mass is 341 g/mol. The maximum Gasteiger partial charge on any atom is 0.254 e. The highest BCUT2D eigenvalue weighted by atomic mass is 19.1. The van der Waals surface area contributed by atoms with Crippen LogP contribution in [0.2, 0.25) is 0 Å². The van der Waals surface area contributed by atoms with Crippen molar-refractivity contribution in [1.29, 1.82) is 0 Å². The number of piperidine rings is 1. The second-order valence-electron chi connectivity index (χ2n) is 7.11. The van der Waals surface area contributed by atoms with E-state index < -0.39 is 0 Å². The third kappa shape index (κ3) is 3.90. The van der Waals surface area contributed by atoms with E-state index in [0.717, 1.165) is 29.5 Å². The van der Waals surface area contributed by atoms with Crippen molar-refractivity contribution in [3.63, 3.8) is 0 Å². The zero-order chi connectivity index (χ0) is 17.9. The molecule has 1 heterocycles. The normalized spacial score (nSPS) is 20.5. The molecule has 0 unspecified atom stereocenters. The Morgan fingerprint density at radius 1 is 1.20 bits per heavy atom.